The number of carbonyl (C=O) groups is 1. The Bertz CT molecular complexity index is 508. The number of carbonyl (C=O) groups excluding carboxylic acids is 1. The summed E-state index contributed by atoms with van der Waals surface area (Å²) in [6.07, 6.45) is 3.56. The third-order valence-electron chi connectivity index (χ3n) is 2.80. The van der Waals surface area contributed by atoms with Crippen LogP contribution in [0.2, 0.25) is 0 Å². The summed E-state index contributed by atoms with van der Waals surface area (Å²) in [7, 11) is 0. The van der Waals surface area contributed by atoms with E-state index < -0.39 is 5.97 Å². The zero-order valence-electron chi connectivity index (χ0n) is 12.9. The first-order chi connectivity index (χ1) is 9.97. The fourth-order valence-electron chi connectivity index (χ4n) is 1.80. The normalized spacial score (nSPS) is 11.6. The second-order valence-corrected chi connectivity index (χ2v) is 5.11. The summed E-state index contributed by atoms with van der Waals surface area (Å²) >= 11 is 5.20. The number of ether oxygens (including phenoxy) is 1. The molecule has 0 saturated carbocycles. The SMILES string of the molecule is CCC[C@H](C)NC(=S)Nc1ncc(C(=O)OCC)c(C)n1. The lowest BCUT2D eigenvalue weighted by atomic mass is 10.2. The molecule has 2 N–H and O–H groups in total. The second kappa shape index (κ2) is 8.51. The Balaban J connectivity index is 2.67. The molecule has 0 amide bonds. The number of rotatable bonds is 6. The molecule has 0 spiro atoms. The van der Waals surface area contributed by atoms with E-state index in [1.807, 2.05) is 0 Å². The largest absolute Gasteiger partial charge is 0.462 e. The molecule has 0 fully saturated rings. The molecule has 0 aliphatic heterocycles. The minimum absolute atomic E-state index is 0.287. The van der Waals surface area contributed by atoms with Gasteiger partial charge in [0.1, 0.15) is 0 Å². The summed E-state index contributed by atoms with van der Waals surface area (Å²) in [5, 5.41) is 6.54. The maximum absolute atomic E-state index is 11.7. The van der Waals surface area contributed by atoms with Crippen LogP contribution in [0.5, 0.6) is 0 Å². The highest BCUT2D eigenvalue weighted by Gasteiger charge is 2.13. The van der Waals surface area contributed by atoms with Crippen molar-refractivity contribution in [3.63, 3.8) is 0 Å². The van der Waals surface area contributed by atoms with E-state index >= 15 is 0 Å². The van der Waals surface area contributed by atoms with Crippen molar-refractivity contribution in [2.24, 2.45) is 0 Å². The quantitative estimate of drug-likeness (QED) is 0.617. The van der Waals surface area contributed by atoms with Gasteiger partial charge in [0.05, 0.1) is 17.9 Å². The fourth-order valence-corrected chi connectivity index (χ4v) is 2.10. The average Bonchev–Trinajstić information content (AvgIpc) is 2.38. The van der Waals surface area contributed by atoms with E-state index in [1.165, 1.54) is 6.20 Å². The van der Waals surface area contributed by atoms with Crippen LogP contribution in [0.4, 0.5) is 5.95 Å². The molecule has 0 aliphatic rings. The van der Waals surface area contributed by atoms with Gasteiger partial charge in [-0.05, 0) is 39.4 Å². The molecular weight excluding hydrogens is 288 g/mol. The zero-order chi connectivity index (χ0) is 15.8. The number of nitrogens with one attached hydrogen (secondary N) is 2. The first-order valence-corrected chi connectivity index (χ1v) is 7.47. The van der Waals surface area contributed by atoms with E-state index in [1.54, 1.807) is 13.8 Å². The molecule has 1 heterocycles. The topological polar surface area (TPSA) is 76.1 Å². The maximum atomic E-state index is 11.7. The van der Waals surface area contributed by atoms with Gasteiger partial charge in [0.25, 0.3) is 0 Å². The van der Waals surface area contributed by atoms with Gasteiger partial charge in [-0.2, -0.15) is 0 Å². The number of hydrogen-bond donors (Lipinski definition) is 2. The minimum Gasteiger partial charge on any atom is -0.462 e. The van der Waals surface area contributed by atoms with Crippen molar-refractivity contribution in [1.29, 1.82) is 0 Å². The number of esters is 1. The molecular formula is C14H22N4O2S. The van der Waals surface area contributed by atoms with Gasteiger partial charge in [-0.25, -0.2) is 14.8 Å². The highest BCUT2D eigenvalue weighted by molar-refractivity contribution is 7.80. The molecule has 7 heteroatoms. The van der Waals surface area contributed by atoms with Gasteiger partial charge < -0.3 is 15.4 Å². The number of nitrogens with zero attached hydrogens (tertiary/aromatic N) is 2. The van der Waals surface area contributed by atoms with Crippen LogP contribution in [0, 0.1) is 6.92 Å². The molecule has 1 aromatic rings. The molecule has 6 nitrogen and oxygen atoms in total. The molecule has 0 aromatic carbocycles. The summed E-state index contributed by atoms with van der Waals surface area (Å²) in [5.74, 6) is -0.0550. The van der Waals surface area contributed by atoms with Crippen molar-refractivity contribution in [1.82, 2.24) is 15.3 Å². The first-order valence-electron chi connectivity index (χ1n) is 7.06. The van der Waals surface area contributed by atoms with Crippen molar-refractivity contribution in [3.05, 3.63) is 17.5 Å². The van der Waals surface area contributed by atoms with E-state index in [-0.39, 0.29) is 6.04 Å². The van der Waals surface area contributed by atoms with Gasteiger partial charge >= 0.3 is 5.97 Å². The fraction of sp³-hybridized carbons (Fsp3) is 0.571. The molecule has 0 saturated heterocycles. The zero-order valence-corrected chi connectivity index (χ0v) is 13.7. The lowest BCUT2D eigenvalue weighted by Crippen LogP contribution is -2.36. The van der Waals surface area contributed by atoms with Gasteiger partial charge in [0.2, 0.25) is 5.95 Å². The Morgan fingerprint density at radius 1 is 1.48 bits per heavy atom. The van der Waals surface area contributed by atoms with E-state index in [9.17, 15) is 4.79 Å². The Kier molecular flexibility index (Phi) is 7.01. The van der Waals surface area contributed by atoms with Crippen molar-refractivity contribution < 1.29 is 9.53 Å². The Morgan fingerprint density at radius 3 is 2.76 bits per heavy atom. The van der Waals surface area contributed by atoms with Crippen molar-refractivity contribution >= 4 is 29.2 Å². The van der Waals surface area contributed by atoms with Crippen molar-refractivity contribution in [2.75, 3.05) is 11.9 Å². The predicted molar refractivity (Wildman–Crippen MR) is 86.5 cm³/mol. The summed E-state index contributed by atoms with van der Waals surface area (Å²) < 4.78 is 4.93. The third-order valence-corrected chi connectivity index (χ3v) is 3.02. The van der Waals surface area contributed by atoms with Crippen LogP contribution < -0.4 is 10.6 Å². The van der Waals surface area contributed by atoms with E-state index in [0.29, 0.717) is 28.9 Å². The summed E-state index contributed by atoms with van der Waals surface area (Å²) in [6.45, 7) is 7.99. The molecule has 1 atom stereocenters. The second-order valence-electron chi connectivity index (χ2n) is 4.70. The van der Waals surface area contributed by atoms with E-state index in [4.69, 9.17) is 17.0 Å². The maximum Gasteiger partial charge on any atom is 0.341 e. The van der Waals surface area contributed by atoms with Gasteiger partial charge in [-0.3, -0.25) is 0 Å². The van der Waals surface area contributed by atoms with Crippen LogP contribution in [-0.2, 0) is 4.74 Å². The highest BCUT2D eigenvalue weighted by Crippen LogP contribution is 2.09. The lowest BCUT2D eigenvalue weighted by Gasteiger charge is -2.15. The molecule has 21 heavy (non-hydrogen) atoms. The number of aryl methyl sites for hydroxylation is 1. The van der Waals surface area contributed by atoms with E-state index in [0.717, 1.165) is 12.8 Å². The highest BCUT2D eigenvalue weighted by atomic mass is 32.1. The molecule has 0 aliphatic carbocycles. The summed E-state index contributed by atoms with van der Waals surface area (Å²) in [6, 6.07) is 0.287. The van der Waals surface area contributed by atoms with Crippen LogP contribution in [0.3, 0.4) is 0 Å². The molecule has 0 bridgehead atoms. The minimum atomic E-state index is -0.418. The predicted octanol–water partition coefficient (Wildman–Crippen LogP) is 2.44. The van der Waals surface area contributed by atoms with Crippen molar-refractivity contribution in [3.8, 4) is 0 Å². The number of hydrogen-bond acceptors (Lipinski definition) is 5. The first kappa shape index (κ1) is 17.3. The number of thiocarbonyl (C=S) groups is 1. The molecule has 1 aromatic heterocycles. The standard InChI is InChI=1S/C14H22N4O2S/c1-5-7-9(3)16-14(21)18-13-15-8-11(10(4)17-13)12(19)20-6-2/h8-9H,5-7H2,1-4H3,(H2,15,16,17,18,21)/t9-/m0/s1. The summed E-state index contributed by atoms with van der Waals surface area (Å²) in [4.78, 5) is 20.0. The van der Waals surface area contributed by atoms with Gasteiger partial charge in [-0.15, -0.1) is 0 Å². The Labute approximate surface area is 130 Å². The van der Waals surface area contributed by atoms with Crippen molar-refractivity contribution in [2.45, 2.75) is 46.6 Å². The van der Waals surface area contributed by atoms with Gasteiger partial charge in [0.15, 0.2) is 5.11 Å². The van der Waals surface area contributed by atoms with Gasteiger partial charge in [-0.1, -0.05) is 13.3 Å². The molecule has 0 unspecified atom stereocenters. The Morgan fingerprint density at radius 2 is 2.19 bits per heavy atom. The average molecular weight is 310 g/mol. The monoisotopic (exact) mass is 310 g/mol. The van der Waals surface area contributed by atoms with Crippen LogP contribution in [-0.4, -0.2) is 33.7 Å². The molecule has 0 radical (unpaired) electrons. The third kappa shape index (κ3) is 5.63. The van der Waals surface area contributed by atoms with E-state index in [2.05, 4.69) is 34.4 Å². The van der Waals surface area contributed by atoms with Gasteiger partial charge in [0, 0.05) is 12.2 Å². The smallest absolute Gasteiger partial charge is 0.341 e. The number of aromatic nitrogens is 2. The van der Waals surface area contributed by atoms with Crippen LogP contribution in [0.1, 0.15) is 49.7 Å². The number of anilines is 1. The lowest BCUT2D eigenvalue weighted by molar-refractivity contribution is 0.0524. The Hall–Kier alpha value is -1.76. The van der Waals surface area contributed by atoms with Crippen LogP contribution >= 0.6 is 12.2 Å². The molecule has 1 rings (SSSR count). The van der Waals surface area contributed by atoms with Crippen LogP contribution in [0.25, 0.3) is 0 Å². The summed E-state index contributed by atoms with van der Waals surface area (Å²) in [5.41, 5.74) is 0.913. The van der Waals surface area contributed by atoms with Crippen LogP contribution in [0.15, 0.2) is 6.20 Å². The molecule has 116 valence electrons.